The Hall–Kier alpha value is -1.90. The maximum absolute atomic E-state index is 11.6. The number of hydrogen-bond donors (Lipinski definition) is 1. The first kappa shape index (κ1) is 17.1. The number of methoxy groups -OCH3 is 1. The molecule has 0 spiro atoms. The smallest absolute Gasteiger partial charge is 0.341 e. The van der Waals surface area contributed by atoms with Crippen LogP contribution in [0.25, 0.3) is 0 Å². The van der Waals surface area contributed by atoms with Crippen molar-refractivity contribution >= 4 is 29.6 Å². The van der Waals surface area contributed by atoms with Gasteiger partial charge in [-0.3, -0.25) is 4.79 Å². The molecule has 0 saturated carbocycles. The highest BCUT2D eigenvalue weighted by molar-refractivity contribution is 6.18. The first-order valence-electron chi connectivity index (χ1n) is 5.14. The molecule has 9 nitrogen and oxygen atoms in total. The summed E-state index contributed by atoms with van der Waals surface area (Å²) in [6, 6.07) is -2.18. The van der Waals surface area contributed by atoms with Crippen molar-refractivity contribution in [3.05, 3.63) is 4.91 Å². The lowest BCUT2D eigenvalue weighted by atomic mass is 10.3. The van der Waals surface area contributed by atoms with Crippen molar-refractivity contribution in [3.63, 3.8) is 0 Å². The second-order valence-electron chi connectivity index (χ2n) is 3.22. The summed E-state index contributed by atoms with van der Waals surface area (Å²) in [6.07, 6.45) is 0. The average molecular weight is 296 g/mol. The van der Waals surface area contributed by atoms with E-state index < -0.39 is 30.6 Å². The molecule has 0 unspecified atom stereocenters. The second-order valence-corrected chi connectivity index (χ2v) is 3.60. The molecule has 0 heterocycles. The number of rotatable bonds is 7. The lowest BCUT2D eigenvalue weighted by Gasteiger charge is -2.19. The van der Waals surface area contributed by atoms with Gasteiger partial charge in [0.1, 0.15) is 6.61 Å². The molecule has 0 aliphatic rings. The molecule has 10 heteroatoms. The molecule has 0 rings (SSSR count). The molecule has 1 atom stereocenters. The van der Waals surface area contributed by atoms with Gasteiger partial charge in [0.15, 0.2) is 6.04 Å². The Labute approximate surface area is 114 Å². The van der Waals surface area contributed by atoms with E-state index in [0.717, 1.165) is 14.0 Å². The Morgan fingerprint density at radius 2 is 2.05 bits per heavy atom. The Morgan fingerprint density at radius 1 is 1.42 bits per heavy atom. The minimum absolute atomic E-state index is 0.00794. The van der Waals surface area contributed by atoms with Crippen LogP contribution in [-0.4, -0.2) is 55.2 Å². The molecular weight excluding hydrogens is 282 g/mol. The average Bonchev–Trinajstić information content (AvgIpc) is 2.39. The minimum atomic E-state index is -1.24. The van der Waals surface area contributed by atoms with E-state index in [0.29, 0.717) is 5.01 Å². The van der Waals surface area contributed by atoms with Crippen LogP contribution in [0.5, 0.6) is 0 Å². The number of carbonyl (C=O) groups is 3. The first-order chi connectivity index (χ1) is 8.96. The summed E-state index contributed by atoms with van der Waals surface area (Å²) in [5.41, 5.74) is 0. The Balaban J connectivity index is 4.61. The van der Waals surface area contributed by atoms with E-state index in [-0.39, 0.29) is 12.4 Å². The van der Waals surface area contributed by atoms with E-state index in [1.54, 1.807) is 0 Å². The molecule has 19 heavy (non-hydrogen) atoms. The van der Waals surface area contributed by atoms with E-state index in [4.69, 9.17) is 11.6 Å². The van der Waals surface area contributed by atoms with Gasteiger partial charge in [0.2, 0.25) is 0 Å². The largest absolute Gasteiger partial charge is 0.467 e. The molecule has 0 aromatic heterocycles. The Kier molecular flexibility index (Phi) is 8.18. The Morgan fingerprint density at radius 3 is 2.47 bits per heavy atom. The predicted molar refractivity (Wildman–Crippen MR) is 64.2 cm³/mol. The molecule has 2 amide bonds. The van der Waals surface area contributed by atoms with Crippen LogP contribution in [0.15, 0.2) is 5.29 Å². The van der Waals surface area contributed by atoms with Crippen LogP contribution >= 0.6 is 11.6 Å². The molecule has 0 saturated heterocycles. The van der Waals surface area contributed by atoms with Crippen LogP contribution in [0.2, 0.25) is 0 Å². The summed E-state index contributed by atoms with van der Waals surface area (Å²) in [7, 11) is 1.10. The highest BCUT2D eigenvalue weighted by atomic mass is 35.5. The number of nitrogens with zero attached hydrogens (tertiary/aromatic N) is 2. The van der Waals surface area contributed by atoms with Gasteiger partial charge >= 0.3 is 18.0 Å². The number of amides is 2. The molecule has 0 radical (unpaired) electrons. The lowest BCUT2D eigenvalue weighted by Crippen LogP contribution is -2.49. The first-order valence-corrected chi connectivity index (χ1v) is 5.68. The van der Waals surface area contributed by atoms with Gasteiger partial charge in [0.05, 0.1) is 18.9 Å². The molecular formula is C9H14ClN3O6. The number of halogens is 1. The molecule has 108 valence electrons. The molecule has 0 aliphatic carbocycles. The predicted octanol–water partition coefficient (Wildman–Crippen LogP) is 0.0229. The van der Waals surface area contributed by atoms with E-state index in [2.05, 4.69) is 20.1 Å². The van der Waals surface area contributed by atoms with Crippen LogP contribution < -0.4 is 5.32 Å². The van der Waals surface area contributed by atoms with Crippen molar-refractivity contribution in [1.29, 1.82) is 0 Å². The van der Waals surface area contributed by atoms with Gasteiger partial charge in [-0.1, -0.05) is 0 Å². The normalized spacial score (nSPS) is 11.1. The zero-order valence-electron chi connectivity index (χ0n) is 10.4. The zero-order chi connectivity index (χ0) is 14.8. The van der Waals surface area contributed by atoms with Crippen molar-refractivity contribution in [2.24, 2.45) is 5.29 Å². The SMILES string of the molecule is COC(=O)[C@H](COC(C)=O)NC(=O)N(CCCl)N=O. The zero-order valence-corrected chi connectivity index (χ0v) is 11.2. The van der Waals surface area contributed by atoms with Gasteiger partial charge in [-0.05, 0) is 0 Å². The topological polar surface area (TPSA) is 114 Å². The highest BCUT2D eigenvalue weighted by Gasteiger charge is 2.25. The van der Waals surface area contributed by atoms with Crippen LogP contribution in [0, 0.1) is 4.91 Å². The second kappa shape index (κ2) is 9.09. The van der Waals surface area contributed by atoms with E-state index in [9.17, 15) is 19.3 Å². The van der Waals surface area contributed by atoms with Gasteiger partial charge in [0.25, 0.3) is 0 Å². The standard InChI is InChI=1S/C9H14ClN3O6/c1-6(14)19-5-7(8(15)18-2)11-9(16)13(12-17)4-3-10/h7H,3-5H2,1-2H3,(H,11,16)/t7-/m0/s1. The number of nitrogens with one attached hydrogen (secondary N) is 1. The lowest BCUT2D eigenvalue weighted by molar-refractivity contribution is -0.148. The summed E-state index contributed by atoms with van der Waals surface area (Å²) >= 11 is 5.37. The summed E-state index contributed by atoms with van der Waals surface area (Å²) in [4.78, 5) is 43.9. The number of carbonyl (C=O) groups excluding carboxylic acids is 3. The van der Waals surface area contributed by atoms with Gasteiger partial charge in [-0.25, -0.2) is 9.59 Å². The third kappa shape index (κ3) is 6.55. The number of hydrogen-bond acceptors (Lipinski definition) is 7. The van der Waals surface area contributed by atoms with E-state index in [1.807, 2.05) is 0 Å². The van der Waals surface area contributed by atoms with Gasteiger partial charge in [-0.15, -0.1) is 16.5 Å². The highest BCUT2D eigenvalue weighted by Crippen LogP contribution is 1.97. The van der Waals surface area contributed by atoms with E-state index >= 15 is 0 Å². The molecule has 1 N–H and O–H groups in total. The number of nitroso groups, excluding NO2 is 1. The van der Waals surface area contributed by atoms with Gasteiger partial charge in [0, 0.05) is 12.8 Å². The maximum atomic E-state index is 11.6. The van der Waals surface area contributed by atoms with Crippen molar-refractivity contribution in [1.82, 2.24) is 10.3 Å². The monoisotopic (exact) mass is 295 g/mol. The molecule has 0 aromatic carbocycles. The minimum Gasteiger partial charge on any atom is -0.467 e. The molecule has 0 aliphatic heterocycles. The fourth-order valence-electron chi connectivity index (χ4n) is 0.995. The maximum Gasteiger partial charge on any atom is 0.341 e. The fourth-order valence-corrected chi connectivity index (χ4v) is 1.15. The third-order valence-electron chi connectivity index (χ3n) is 1.87. The molecule has 0 aromatic rings. The fraction of sp³-hybridized carbons (Fsp3) is 0.667. The van der Waals surface area contributed by atoms with Crippen LogP contribution in [0.3, 0.4) is 0 Å². The number of ether oxygens (including phenoxy) is 2. The van der Waals surface area contributed by atoms with Crippen molar-refractivity contribution in [2.75, 3.05) is 26.1 Å². The van der Waals surface area contributed by atoms with Crippen molar-refractivity contribution in [3.8, 4) is 0 Å². The summed E-state index contributed by atoms with van der Waals surface area (Å²) in [5, 5.41) is 5.08. The summed E-state index contributed by atoms with van der Waals surface area (Å²) < 4.78 is 9.01. The molecule has 0 bridgehead atoms. The number of urea groups is 1. The van der Waals surface area contributed by atoms with Crippen molar-refractivity contribution < 1.29 is 23.9 Å². The van der Waals surface area contributed by atoms with Crippen LogP contribution in [0.1, 0.15) is 6.92 Å². The van der Waals surface area contributed by atoms with Gasteiger partial charge < -0.3 is 14.8 Å². The summed E-state index contributed by atoms with van der Waals surface area (Å²) in [6.45, 7) is 0.600. The summed E-state index contributed by atoms with van der Waals surface area (Å²) in [5.74, 6) is -1.47. The molecule has 0 fully saturated rings. The number of esters is 2. The van der Waals surface area contributed by atoms with Crippen LogP contribution in [-0.2, 0) is 19.1 Å². The number of alkyl halides is 1. The Bertz CT molecular complexity index is 351. The van der Waals surface area contributed by atoms with Crippen LogP contribution in [0.4, 0.5) is 4.79 Å². The third-order valence-corrected chi connectivity index (χ3v) is 2.04. The van der Waals surface area contributed by atoms with Gasteiger partial charge in [-0.2, -0.15) is 5.01 Å². The van der Waals surface area contributed by atoms with E-state index in [1.165, 1.54) is 0 Å². The quantitative estimate of drug-likeness (QED) is 0.306. The van der Waals surface area contributed by atoms with Crippen molar-refractivity contribution in [2.45, 2.75) is 13.0 Å².